The lowest BCUT2D eigenvalue weighted by atomic mass is 9.80. The highest BCUT2D eigenvalue weighted by Crippen LogP contribution is 2.48. The summed E-state index contributed by atoms with van der Waals surface area (Å²) in [5.74, 6) is -2.17. The number of aromatic nitrogens is 1. The molecule has 2 atom stereocenters. The van der Waals surface area contributed by atoms with Crippen molar-refractivity contribution < 1.29 is 23.1 Å². The Bertz CT molecular complexity index is 618. The van der Waals surface area contributed by atoms with E-state index in [1.54, 1.807) is 0 Å². The average molecular weight is 313 g/mol. The molecule has 0 bridgehead atoms. The lowest BCUT2D eigenvalue weighted by molar-refractivity contribution is -0.312. The highest BCUT2D eigenvalue weighted by molar-refractivity contribution is 5.99. The van der Waals surface area contributed by atoms with Gasteiger partial charge >= 0.3 is 6.18 Å². The van der Waals surface area contributed by atoms with Crippen LogP contribution in [0.2, 0.25) is 0 Å². The topological polar surface area (TPSA) is 65.8 Å². The molecule has 1 aromatic heterocycles. The molecule has 2 heterocycles. The zero-order valence-corrected chi connectivity index (χ0v) is 11.5. The maximum absolute atomic E-state index is 13.5. The smallest absolute Gasteiger partial charge is 0.362 e. The van der Waals surface area contributed by atoms with Crippen molar-refractivity contribution >= 4 is 11.6 Å². The maximum atomic E-state index is 13.5. The van der Waals surface area contributed by atoms with E-state index in [9.17, 15) is 23.1 Å². The van der Waals surface area contributed by atoms with Gasteiger partial charge in [-0.25, -0.2) is 0 Å². The standard InChI is InChI=1S/C14H14F3N3O2/c15-14(16,17)13(22)10-3-1-2-4-11(10)19-20(13)12(21)9-5-7-18-8-6-9/h5-8,10,22H,1-4H2/t10-,13+/m1/s1. The van der Waals surface area contributed by atoms with E-state index < -0.39 is 23.7 Å². The van der Waals surface area contributed by atoms with Crippen LogP contribution in [-0.4, -0.2) is 38.6 Å². The summed E-state index contributed by atoms with van der Waals surface area (Å²) in [5, 5.41) is 14.4. The number of hydrazone groups is 1. The van der Waals surface area contributed by atoms with E-state index in [0.717, 1.165) is 0 Å². The van der Waals surface area contributed by atoms with Gasteiger partial charge in [0, 0.05) is 23.7 Å². The molecule has 2 aliphatic rings. The largest absolute Gasteiger partial charge is 0.439 e. The number of carbonyl (C=O) groups is 1. The fourth-order valence-corrected chi connectivity index (χ4v) is 3.04. The van der Waals surface area contributed by atoms with Crippen LogP contribution >= 0.6 is 0 Å². The molecule has 1 aliphatic carbocycles. The van der Waals surface area contributed by atoms with Crippen molar-refractivity contribution in [2.45, 2.75) is 37.6 Å². The monoisotopic (exact) mass is 313 g/mol. The first-order valence-corrected chi connectivity index (χ1v) is 6.97. The van der Waals surface area contributed by atoms with Gasteiger partial charge in [0.25, 0.3) is 11.6 Å². The van der Waals surface area contributed by atoms with Gasteiger partial charge in [-0.05, 0) is 31.4 Å². The second-order valence-electron chi connectivity index (χ2n) is 5.47. The van der Waals surface area contributed by atoms with Gasteiger partial charge in [0.1, 0.15) is 0 Å². The van der Waals surface area contributed by atoms with Gasteiger partial charge in [-0.1, -0.05) is 6.42 Å². The summed E-state index contributed by atoms with van der Waals surface area (Å²) in [6.45, 7) is 0. The minimum Gasteiger partial charge on any atom is -0.362 e. The molecule has 8 heteroatoms. The average Bonchev–Trinajstić information content (AvgIpc) is 2.82. The van der Waals surface area contributed by atoms with Crippen LogP contribution in [0.4, 0.5) is 13.2 Å². The van der Waals surface area contributed by atoms with Crippen LogP contribution in [-0.2, 0) is 0 Å². The molecule has 0 radical (unpaired) electrons. The second-order valence-corrected chi connectivity index (χ2v) is 5.47. The molecule has 118 valence electrons. The lowest BCUT2D eigenvalue weighted by Gasteiger charge is -2.38. The molecule has 1 N–H and O–H groups in total. The summed E-state index contributed by atoms with van der Waals surface area (Å²) < 4.78 is 40.5. The highest BCUT2D eigenvalue weighted by Gasteiger charge is 2.68. The molecule has 0 spiro atoms. The molecule has 22 heavy (non-hydrogen) atoms. The number of pyridine rings is 1. The number of aliphatic hydroxyl groups is 1. The summed E-state index contributed by atoms with van der Waals surface area (Å²) >= 11 is 0. The van der Waals surface area contributed by atoms with Crippen LogP contribution in [0, 0.1) is 5.92 Å². The third-order valence-corrected chi connectivity index (χ3v) is 4.15. The second kappa shape index (κ2) is 5.05. The van der Waals surface area contributed by atoms with Crippen molar-refractivity contribution in [1.82, 2.24) is 9.99 Å². The Morgan fingerprint density at radius 1 is 1.32 bits per heavy atom. The first kappa shape index (κ1) is 15.0. The Morgan fingerprint density at radius 2 is 2.00 bits per heavy atom. The van der Waals surface area contributed by atoms with Crippen LogP contribution in [0.3, 0.4) is 0 Å². The van der Waals surface area contributed by atoms with E-state index in [0.29, 0.717) is 19.3 Å². The quantitative estimate of drug-likeness (QED) is 0.865. The summed E-state index contributed by atoms with van der Waals surface area (Å²) in [4.78, 5) is 16.1. The number of hydrogen-bond acceptors (Lipinski definition) is 4. The van der Waals surface area contributed by atoms with E-state index in [4.69, 9.17) is 0 Å². The maximum Gasteiger partial charge on any atom is 0.439 e. The highest BCUT2D eigenvalue weighted by atomic mass is 19.4. The number of nitrogens with zero attached hydrogens (tertiary/aromatic N) is 3. The Labute approximate surface area is 124 Å². The third kappa shape index (κ3) is 2.09. The minimum atomic E-state index is -4.98. The predicted molar refractivity (Wildman–Crippen MR) is 70.8 cm³/mol. The van der Waals surface area contributed by atoms with Gasteiger partial charge in [-0.15, -0.1) is 0 Å². The minimum absolute atomic E-state index is 0.000622. The van der Waals surface area contributed by atoms with Crippen LogP contribution in [0.25, 0.3) is 0 Å². The molecule has 1 aromatic rings. The SMILES string of the molecule is O=C(c1ccncc1)N1N=C2CCCC[C@H]2[C@]1(O)C(F)(F)F. The fourth-order valence-electron chi connectivity index (χ4n) is 3.04. The van der Waals surface area contributed by atoms with E-state index in [-0.39, 0.29) is 22.7 Å². The van der Waals surface area contributed by atoms with Crippen LogP contribution in [0.15, 0.2) is 29.6 Å². The first-order chi connectivity index (χ1) is 10.4. The summed E-state index contributed by atoms with van der Waals surface area (Å²) in [7, 11) is 0. The van der Waals surface area contributed by atoms with E-state index in [2.05, 4.69) is 10.1 Å². The van der Waals surface area contributed by atoms with Gasteiger partial charge in [-0.2, -0.15) is 23.3 Å². The van der Waals surface area contributed by atoms with Crippen molar-refractivity contribution in [1.29, 1.82) is 0 Å². The van der Waals surface area contributed by atoms with Gasteiger partial charge in [0.15, 0.2) is 0 Å². The predicted octanol–water partition coefficient (Wildman–Crippen LogP) is 2.33. The molecular weight excluding hydrogens is 299 g/mol. The summed E-state index contributed by atoms with van der Waals surface area (Å²) in [6.07, 6.45) is -0.576. The number of fused-ring (bicyclic) bond motifs is 1. The summed E-state index contributed by atoms with van der Waals surface area (Å²) in [5.41, 5.74) is -3.03. The fraction of sp³-hybridized carbons (Fsp3) is 0.500. The van der Waals surface area contributed by atoms with E-state index in [1.165, 1.54) is 24.5 Å². The van der Waals surface area contributed by atoms with Crippen LogP contribution in [0.1, 0.15) is 36.0 Å². The van der Waals surface area contributed by atoms with Crippen LogP contribution < -0.4 is 0 Å². The molecular formula is C14H14F3N3O2. The number of halogens is 3. The molecule has 1 amide bonds. The Morgan fingerprint density at radius 3 is 2.64 bits per heavy atom. The van der Waals surface area contributed by atoms with Crippen molar-refractivity contribution in [2.75, 3.05) is 0 Å². The number of amides is 1. The van der Waals surface area contributed by atoms with Crippen molar-refractivity contribution in [3.63, 3.8) is 0 Å². The summed E-state index contributed by atoms with van der Waals surface area (Å²) in [6, 6.07) is 2.59. The molecule has 0 saturated heterocycles. The van der Waals surface area contributed by atoms with Gasteiger partial charge in [0.05, 0.1) is 5.92 Å². The normalized spacial score (nSPS) is 28.3. The molecule has 1 saturated carbocycles. The zero-order chi connectivity index (χ0) is 16.0. The van der Waals surface area contributed by atoms with E-state index >= 15 is 0 Å². The van der Waals surface area contributed by atoms with Crippen molar-refractivity contribution in [3.05, 3.63) is 30.1 Å². The van der Waals surface area contributed by atoms with Gasteiger partial charge in [0.2, 0.25) is 0 Å². The third-order valence-electron chi connectivity index (χ3n) is 4.15. The number of carbonyl (C=O) groups excluding carboxylic acids is 1. The van der Waals surface area contributed by atoms with Gasteiger partial charge in [-0.3, -0.25) is 9.78 Å². The molecule has 5 nitrogen and oxygen atoms in total. The Hall–Kier alpha value is -1.96. The van der Waals surface area contributed by atoms with E-state index in [1.807, 2.05) is 0 Å². The van der Waals surface area contributed by atoms with Crippen molar-refractivity contribution in [3.8, 4) is 0 Å². The van der Waals surface area contributed by atoms with Gasteiger partial charge < -0.3 is 5.11 Å². The molecule has 1 fully saturated rings. The lowest BCUT2D eigenvalue weighted by Crippen LogP contribution is -2.61. The first-order valence-electron chi connectivity index (χ1n) is 6.97. The molecule has 0 aromatic carbocycles. The molecule has 3 rings (SSSR count). The number of rotatable bonds is 1. The van der Waals surface area contributed by atoms with Crippen molar-refractivity contribution in [2.24, 2.45) is 11.0 Å². The number of hydrogen-bond donors (Lipinski definition) is 1. The Kier molecular flexibility index (Phi) is 3.43. The zero-order valence-electron chi connectivity index (χ0n) is 11.5. The molecule has 1 aliphatic heterocycles. The van der Waals surface area contributed by atoms with Crippen LogP contribution in [0.5, 0.6) is 0 Å². The number of alkyl halides is 3. The molecule has 0 unspecified atom stereocenters. The Balaban J connectivity index is 2.04.